The number of halogens is 1. The summed E-state index contributed by atoms with van der Waals surface area (Å²) < 4.78 is 12.9. The van der Waals surface area contributed by atoms with Crippen molar-refractivity contribution in [2.75, 3.05) is 36.4 Å². The molecular weight excluding hydrogens is 315 g/mol. The quantitative estimate of drug-likeness (QED) is 0.824. The van der Waals surface area contributed by atoms with Crippen molar-refractivity contribution in [1.82, 2.24) is 9.88 Å². The topological polar surface area (TPSA) is 51.4 Å². The molecule has 2 heterocycles. The van der Waals surface area contributed by atoms with Crippen molar-refractivity contribution in [1.29, 1.82) is 0 Å². The SMILES string of the molecule is O=c1cccc(N2CCN(C(=S)Nc3ccc(F)cc3)CC2)[nH]1. The van der Waals surface area contributed by atoms with Gasteiger partial charge in [-0.1, -0.05) is 6.07 Å². The Kier molecular flexibility index (Phi) is 4.57. The zero-order chi connectivity index (χ0) is 16.2. The molecule has 0 saturated carbocycles. The maximum Gasteiger partial charge on any atom is 0.249 e. The third-order valence-corrected chi connectivity index (χ3v) is 4.12. The molecule has 0 unspecified atom stereocenters. The Bertz CT molecular complexity index is 738. The van der Waals surface area contributed by atoms with Gasteiger partial charge in [0, 0.05) is 37.9 Å². The molecule has 23 heavy (non-hydrogen) atoms. The van der Waals surface area contributed by atoms with Gasteiger partial charge in [-0.15, -0.1) is 0 Å². The first kappa shape index (κ1) is 15.5. The molecule has 0 aliphatic carbocycles. The van der Waals surface area contributed by atoms with E-state index >= 15 is 0 Å². The third-order valence-electron chi connectivity index (χ3n) is 3.76. The minimum Gasteiger partial charge on any atom is -0.355 e. The maximum atomic E-state index is 12.9. The minimum absolute atomic E-state index is 0.0987. The number of hydrogen-bond donors (Lipinski definition) is 2. The van der Waals surface area contributed by atoms with Crippen LogP contribution in [0.5, 0.6) is 0 Å². The van der Waals surface area contributed by atoms with E-state index in [1.165, 1.54) is 18.2 Å². The number of nitrogens with zero attached hydrogens (tertiary/aromatic N) is 2. The molecule has 0 amide bonds. The molecule has 1 saturated heterocycles. The van der Waals surface area contributed by atoms with Crippen molar-refractivity contribution < 1.29 is 4.39 Å². The second-order valence-corrected chi connectivity index (χ2v) is 5.70. The van der Waals surface area contributed by atoms with Crippen LogP contribution in [0.4, 0.5) is 15.9 Å². The summed E-state index contributed by atoms with van der Waals surface area (Å²) in [5.41, 5.74) is 0.671. The molecule has 120 valence electrons. The Morgan fingerprint density at radius 1 is 1.09 bits per heavy atom. The Balaban J connectivity index is 1.57. The first-order chi connectivity index (χ1) is 11.1. The number of benzene rings is 1. The molecule has 2 aromatic rings. The van der Waals surface area contributed by atoms with Gasteiger partial charge < -0.3 is 20.1 Å². The Morgan fingerprint density at radius 3 is 2.43 bits per heavy atom. The van der Waals surface area contributed by atoms with E-state index in [1.807, 2.05) is 6.07 Å². The van der Waals surface area contributed by atoms with Crippen LogP contribution in [-0.2, 0) is 0 Å². The summed E-state index contributed by atoms with van der Waals surface area (Å²) in [5.74, 6) is 0.557. The van der Waals surface area contributed by atoms with Crippen LogP contribution in [0, 0.1) is 5.82 Å². The number of aromatic amines is 1. The molecule has 7 heteroatoms. The van der Waals surface area contributed by atoms with Gasteiger partial charge in [-0.3, -0.25) is 4.79 Å². The molecule has 3 rings (SSSR count). The molecule has 5 nitrogen and oxygen atoms in total. The Hall–Kier alpha value is -2.41. The fraction of sp³-hybridized carbons (Fsp3) is 0.250. The predicted octanol–water partition coefficient (Wildman–Crippen LogP) is 2.03. The molecule has 1 aliphatic rings. The maximum absolute atomic E-state index is 12.9. The zero-order valence-corrected chi connectivity index (χ0v) is 13.3. The average molecular weight is 332 g/mol. The Labute approximate surface area is 138 Å². The molecule has 0 bridgehead atoms. The van der Waals surface area contributed by atoms with Gasteiger partial charge in [0.05, 0.1) is 0 Å². The molecule has 1 aromatic heterocycles. The molecule has 0 atom stereocenters. The fourth-order valence-corrected chi connectivity index (χ4v) is 2.81. The lowest BCUT2D eigenvalue weighted by molar-refractivity contribution is 0.389. The minimum atomic E-state index is -0.271. The number of H-pyrrole nitrogens is 1. The largest absolute Gasteiger partial charge is 0.355 e. The first-order valence-corrected chi connectivity index (χ1v) is 7.78. The average Bonchev–Trinajstić information content (AvgIpc) is 2.57. The number of hydrogen-bond acceptors (Lipinski definition) is 3. The van der Waals surface area contributed by atoms with Crippen molar-refractivity contribution >= 4 is 28.8 Å². The second-order valence-electron chi connectivity index (χ2n) is 5.31. The summed E-state index contributed by atoms with van der Waals surface area (Å²) in [4.78, 5) is 18.4. The van der Waals surface area contributed by atoms with Gasteiger partial charge in [-0.05, 0) is 42.5 Å². The number of nitrogens with one attached hydrogen (secondary N) is 2. The van der Waals surface area contributed by atoms with Gasteiger partial charge in [0.1, 0.15) is 11.6 Å². The molecule has 1 fully saturated rings. The Morgan fingerprint density at radius 2 is 1.78 bits per heavy atom. The van der Waals surface area contributed by atoms with Crippen LogP contribution in [0.3, 0.4) is 0 Å². The van der Waals surface area contributed by atoms with Gasteiger partial charge in [0.15, 0.2) is 5.11 Å². The highest BCUT2D eigenvalue weighted by atomic mass is 32.1. The summed E-state index contributed by atoms with van der Waals surface area (Å²) in [5, 5.41) is 3.74. The standard InChI is InChI=1S/C16H17FN4OS/c17-12-4-6-13(7-5-12)18-16(23)21-10-8-20(9-11-21)14-2-1-3-15(22)19-14/h1-7H,8-11H2,(H,18,23)(H,19,22). The van der Waals surface area contributed by atoms with Gasteiger partial charge in [-0.2, -0.15) is 0 Å². The van der Waals surface area contributed by atoms with Crippen LogP contribution in [0.1, 0.15) is 0 Å². The molecule has 0 radical (unpaired) electrons. The number of anilines is 2. The lowest BCUT2D eigenvalue weighted by Gasteiger charge is -2.37. The predicted molar refractivity (Wildman–Crippen MR) is 93.5 cm³/mol. The van der Waals surface area contributed by atoms with Crippen LogP contribution in [-0.4, -0.2) is 41.2 Å². The van der Waals surface area contributed by atoms with Crippen LogP contribution in [0.25, 0.3) is 0 Å². The van der Waals surface area contributed by atoms with Gasteiger partial charge >= 0.3 is 0 Å². The van der Waals surface area contributed by atoms with Crippen molar-refractivity contribution in [2.45, 2.75) is 0 Å². The highest BCUT2D eigenvalue weighted by Crippen LogP contribution is 2.14. The highest BCUT2D eigenvalue weighted by Gasteiger charge is 2.19. The van der Waals surface area contributed by atoms with Crippen LogP contribution in [0.2, 0.25) is 0 Å². The summed E-state index contributed by atoms with van der Waals surface area (Å²) >= 11 is 5.41. The first-order valence-electron chi connectivity index (χ1n) is 7.37. The van der Waals surface area contributed by atoms with E-state index in [0.717, 1.165) is 37.7 Å². The normalized spacial score (nSPS) is 14.7. The van der Waals surface area contributed by atoms with Crippen LogP contribution >= 0.6 is 12.2 Å². The lowest BCUT2D eigenvalue weighted by atomic mass is 10.3. The van der Waals surface area contributed by atoms with Gasteiger partial charge in [0.25, 0.3) is 0 Å². The zero-order valence-electron chi connectivity index (χ0n) is 12.5. The number of aromatic nitrogens is 1. The van der Waals surface area contributed by atoms with Gasteiger partial charge in [0.2, 0.25) is 5.56 Å². The second kappa shape index (κ2) is 6.78. The van der Waals surface area contributed by atoms with E-state index in [2.05, 4.69) is 20.1 Å². The smallest absolute Gasteiger partial charge is 0.249 e. The monoisotopic (exact) mass is 332 g/mol. The highest BCUT2D eigenvalue weighted by molar-refractivity contribution is 7.80. The third kappa shape index (κ3) is 3.87. The molecule has 1 aromatic carbocycles. The fourth-order valence-electron chi connectivity index (χ4n) is 2.51. The molecular formula is C16H17FN4OS. The van der Waals surface area contributed by atoms with E-state index in [4.69, 9.17) is 12.2 Å². The van der Waals surface area contributed by atoms with Crippen LogP contribution in [0.15, 0.2) is 47.3 Å². The van der Waals surface area contributed by atoms with Crippen LogP contribution < -0.4 is 15.8 Å². The number of thiocarbonyl (C=S) groups is 1. The van der Waals surface area contributed by atoms with Crippen molar-refractivity contribution in [2.24, 2.45) is 0 Å². The molecule has 0 spiro atoms. The number of pyridine rings is 1. The number of piperazine rings is 1. The number of rotatable bonds is 2. The summed E-state index contributed by atoms with van der Waals surface area (Å²) in [6, 6.07) is 11.3. The van der Waals surface area contributed by atoms with E-state index < -0.39 is 0 Å². The summed E-state index contributed by atoms with van der Waals surface area (Å²) in [6.07, 6.45) is 0. The molecule has 1 aliphatic heterocycles. The lowest BCUT2D eigenvalue weighted by Crippen LogP contribution is -2.50. The van der Waals surface area contributed by atoms with Crippen molar-refractivity contribution in [3.8, 4) is 0 Å². The van der Waals surface area contributed by atoms with Crippen molar-refractivity contribution in [3.05, 3.63) is 58.6 Å². The summed E-state index contributed by atoms with van der Waals surface area (Å²) in [7, 11) is 0. The molecule has 2 N–H and O–H groups in total. The van der Waals surface area contributed by atoms with E-state index in [9.17, 15) is 9.18 Å². The van der Waals surface area contributed by atoms with E-state index in [-0.39, 0.29) is 11.4 Å². The van der Waals surface area contributed by atoms with Crippen molar-refractivity contribution in [3.63, 3.8) is 0 Å². The van der Waals surface area contributed by atoms with E-state index in [0.29, 0.717) is 5.11 Å². The summed E-state index contributed by atoms with van der Waals surface area (Å²) in [6.45, 7) is 3.05. The van der Waals surface area contributed by atoms with E-state index in [1.54, 1.807) is 18.2 Å². The van der Waals surface area contributed by atoms with Gasteiger partial charge in [-0.25, -0.2) is 4.39 Å².